The van der Waals surface area contributed by atoms with E-state index in [2.05, 4.69) is 30.3 Å². The van der Waals surface area contributed by atoms with E-state index in [1.807, 2.05) is 43.3 Å². The first-order valence-electron chi connectivity index (χ1n) is 7.09. The Balaban J connectivity index is 2.20. The average Bonchev–Trinajstić information content (AvgIpc) is 2.53. The van der Waals surface area contributed by atoms with Gasteiger partial charge in [0.25, 0.3) is 0 Å². The number of carbonyl (C=O) groups excluding carboxylic acids is 1. The molecule has 0 atom stereocenters. The second kappa shape index (κ2) is 7.44. The minimum atomic E-state index is 0.285. The van der Waals surface area contributed by atoms with Gasteiger partial charge in [0, 0.05) is 12.8 Å². The highest BCUT2D eigenvalue weighted by molar-refractivity contribution is 5.90. The molecule has 1 heteroatoms. The third-order valence-corrected chi connectivity index (χ3v) is 3.35. The normalized spacial score (nSPS) is 11.3. The van der Waals surface area contributed by atoms with Crippen LogP contribution in [0.1, 0.15) is 30.9 Å². The fourth-order valence-electron chi connectivity index (χ4n) is 2.14. The summed E-state index contributed by atoms with van der Waals surface area (Å²) in [5, 5.41) is 0. The van der Waals surface area contributed by atoms with E-state index in [0.717, 1.165) is 17.6 Å². The molecule has 0 aliphatic carbocycles. The van der Waals surface area contributed by atoms with Gasteiger partial charge in [-0.05, 0) is 23.1 Å². The van der Waals surface area contributed by atoms with E-state index in [1.165, 1.54) is 5.56 Å². The quantitative estimate of drug-likeness (QED) is 0.740. The standard InChI is InChI=1S/C19H20O/c1-2-19(20)15-18(17-11-7-4-8-12-17)14-13-16-9-5-3-6-10-16/h3-12,14H,2,13,15H2,1H3/b18-14+. The van der Waals surface area contributed by atoms with Crippen LogP contribution in [0.15, 0.2) is 66.7 Å². The molecule has 0 radical (unpaired) electrons. The highest BCUT2D eigenvalue weighted by Crippen LogP contribution is 2.20. The molecule has 0 spiro atoms. The molecular weight excluding hydrogens is 244 g/mol. The van der Waals surface area contributed by atoms with Crippen LogP contribution in [-0.2, 0) is 11.2 Å². The number of carbonyl (C=O) groups is 1. The summed E-state index contributed by atoms with van der Waals surface area (Å²) in [5.41, 5.74) is 3.54. The van der Waals surface area contributed by atoms with Crippen LogP contribution < -0.4 is 0 Å². The average molecular weight is 264 g/mol. The first-order valence-corrected chi connectivity index (χ1v) is 7.09. The molecule has 0 N–H and O–H groups in total. The van der Waals surface area contributed by atoms with Crippen molar-refractivity contribution in [3.05, 3.63) is 77.9 Å². The summed E-state index contributed by atoms with van der Waals surface area (Å²) in [6, 6.07) is 20.5. The van der Waals surface area contributed by atoms with Crippen LogP contribution in [0, 0.1) is 0 Å². The Kier molecular flexibility index (Phi) is 5.31. The van der Waals surface area contributed by atoms with E-state index >= 15 is 0 Å². The van der Waals surface area contributed by atoms with Gasteiger partial charge in [-0.1, -0.05) is 73.7 Å². The van der Waals surface area contributed by atoms with Gasteiger partial charge in [-0.2, -0.15) is 0 Å². The molecule has 2 rings (SSSR count). The number of benzene rings is 2. The smallest absolute Gasteiger partial charge is 0.137 e. The van der Waals surface area contributed by atoms with E-state index in [1.54, 1.807) is 0 Å². The second-order valence-corrected chi connectivity index (χ2v) is 4.85. The van der Waals surface area contributed by atoms with Crippen LogP contribution >= 0.6 is 0 Å². The highest BCUT2D eigenvalue weighted by atomic mass is 16.1. The summed E-state index contributed by atoms with van der Waals surface area (Å²) in [6.07, 6.45) is 4.16. The van der Waals surface area contributed by atoms with Crippen LogP contribution in [0.4, 0.5) is 0 Å². The van der Waals surface area contributed by atoms with E-state index < -0.39 is 0 Å². The third-order valence-electron chi connectivity index (χ3n) is 3.35. The van der Waals surface area contributed by atoms with Crippen molar-refractivity contribution in [1.29, 1.82) is 0 Å². The van der Waals surface area contributed by atoms with Crippen molar-refractivity contribution in [3.8, 4) is 0 Å². The minimum absolute atomic E-state index is 0.285. The van der Waals surface area contributed by atoms with Gasteiger partial charge >= 0.3 is 0 Å². The van der Waals surface area contributed by atoms with E-state index in [0.29, 0.717) is 12.8 Å². The van der Waals surface area contributed by atoms with E-state index in [4.69, 9.17) is 0 Å². The molecule has 0 unspecified atom stereocenters. The molecule has 20 heavy (non-hydrogen) atoms. The number of hydrogen-bond donors (Lipinski definition) is 0. The van der Waals surface area contributed by atoms with Gasteiger partial charge in [0.1, 0.15) is 5.78 Å². The lowest BCUT2D eigenvalue weighted by Gasteiger charge is -2.07. The lowest BCUT2D eigenvalue weighted by atomic mass is 9.97. The maximum absolute atomic E-state index is 11.8. The minimum Gasteiger partial charge on any atom is -0.299 e. The molecule has 0 amide bonds. The summed E-state index contributed by atoms with van der Waals surface area (Å²) in [5.74, 6) is 0.285. The van der Waals surface area contributed by atoms with E-state index in [-0.39, 0.29) is 5.78 Å². The Morgan fingerprint density at radius 3 is 2.15 bits per heavy atom. The zero-order valence-electron chi connectivity index (χ0n) is 11.9. The summed E-state index contributed by atoms with van der Waals surface area (Å²) in [6.45, 7) is 1.92. The Morgan fingerprint density at radius 1 is 0.950 bits per heavy atom. The predicted molar refractivity (Wildman–Crippen MR) is 84.5 cm³/mol. The Labute approximate surface area is 121 Å². The fourth-order valence-corrected chi connectivity index (χ4v) is 2.14. The van der Waals surface area contributed by atoms with Crippen LogP contribution in [-0.4, -0.2) is 5.78 Å². The van der Waals surface area contributed by atoms with Gasteiger partial charge in [0.15, 0.2) is 0 Å². The Bertz CT molecular complexity index is 567. The first kappa shape index (κ1) is 14.3. The number of rotatable bonds is 6. The maximum atomic E-state index is 11.8. The molecule has 0 heterocycles. The van der Waals surface area contributed by atoms with Crippen LogP contribution in [0.25, 0.3) is 5.57 Å². The molecule has 0 saturated carbocycles. The summed E-state index contributed by atoms with van der Waals surface area (Å²) in [7, 11) is 0. The lowest BCUT2D eigenvalue weighted by Crippen LogP contribution is -1.98. The van der Waals surface area contributed by atoms with Gasteiger partial charge in [-0.15, -0.1) is 0 Å². The summed E-state index contributed by atoms with van der Waals surface area (Å²) in [4.78, 5) is 11.8. The molecule has 0 aliphatic heterocycles. The SMILES string of the molecule is CCC(=O)C/C(=C\Cc1ccccc1)c1ccccc1. The topological polar surface area (TPSA) is 17.1 Å². The molecule has 0 saturated heterocycles. The molecule has 1 nitrogen and oxygen atoms in total. The van der Waals surface area contributed by atoms with Crippen molar-refractivity contribution in [2.75, 3.05) is 0 Å². The van der Waals surface area contributed by atoms with Crippen LogP contribution in [0.2, 0.25) is 0 Å². The van der Waals surface area contributed by atoms with Gasteiger partial charge in [0.05, 0.1) is 0 Å². The molecule has 0 aliphatic rings. The molecule has 0 bridgehead atoms. The van der Waals surface area contributed by atoms with Crippen molar-refractivity contribution in [2.24, 2.45) is 0 Å². The van der Waals surface area contributed by atoms with Gasteiger partial charge in [0.2, 0.25) is 0 Å². The maximum Gasteiger partial charge on any atom is 0.137 e. The van der Waals surface area contributed by atoms with Crippen molar-refractivity contribution >= 4 is 11.4 Å². The van der Waals surface area contributed by atoms with Crippen molar-refractivity contribution in [3.63, 3.8) is 0 Å². The Morgan fingerprint density at radius 2 is 1.55 bits per heavy atom. The lowest BCUT2D eigenvalue weighted by molar-refractivity contribution is -0.117. The van der Waals surface area contributed by atoms with Crippen LogP contribution in [0.5, 0.6) is 0 Å². The second-order valence-electron chi connectivity index (χ2n) is 4.85. The molecule has 2 aromatic rings. The largest absolute Gasteiger partial charge is 0.299 e. The van der Waals surface area contributed by atoms with Gasteiger partial charge < -0.3 is 0 Å². The highest BCUT2D eigenvalue weighted by Gasteiger charge is 2.06. The Hall–Kier alpha value is -2.15. The first-order chi connectivity index (χ1) is 9.79. The molecule has 2 aromatic carbocycles. The number of ketones is 1. The number of Topliss-reactive ketones (excluding diaryl/α,β-unsaturated/α-hetero) is 1. The fraction of sp³-hybridized carbons (Fsp3) is 0.211. The van der Waals surface area contributed by atoms with E-state index in [9.17, 15) is 4.79 Å². The molecule has 0 aromatic heterocycles. The third kappa shape index (κ3) is 4.20. The molecule has 102 valence electrons. The zero-order valence-corrected chi connectivity index (χ0v) is 11.9. The van der Waals surface area contributed by atoms with Crippen molar-refractivity contribution in [2.45, 2.75) is 26.2 Å². The zero-order chi connectivity index (χ0) is 14.2. The van der Waals surface area contributed by atoms with Gasteiger partial charge in [-0.3, -0.25) is 4.79 Å². The van der Waals surface area contributed by atoms with Crippen LogP contribution in [0.3, 0.4) is 0 Å². The van der Waals surface area contributed by atoms with Gasteiger partial charge in [-0.25, -0.2) is 0 Å². The monoisotopic (exact) mass is 264 g/mol. The summed E-state index contributed by atoms with van der Waals surface area (Å²) < 4.78 is 0. The number of allylic oxidation sites excluding steroid dienone is 2. The molecule has 0 fully saturated rings. The van der Waals surface area contributed by atoms with Crippen molar-refractivity contribution < 1.29 is 4.79 Å². The predicted octanol–water partition coefficient (Wildman–Crippen LogP) is 4.68. The van der Waals surface area contributed by atoms with Crippen molar-refractivity contribution in [1.82, 2.24) is 0 Å². The summed E-state index contributed by atoms with van der Waals surface area (Å²) >= 11 is 0. The molecular formula is C19H20O. The number of hydrogen-bond acceptors (Lipinski definition) is 1.